The van der Waals surface area contributed by atoms with Crippen LogP contribution < -0.4 is 16.2 Å². The van der Waals surface area contributed by atoms with Crippen LogP contribution in [0.15, 0.2) is 24.3 Å². The third kappa shape index (κ3) is 2.21. The fourth-order valence-electron chi connectivity index (χ4n) is 2.48. The van der Waals surface area contributed by atoms with Crippen LogP contribution in [0.1, 0.15) is 19.8 Å². The highest BCUT2D eigenvalue weighted by Crippen LogP contribution is 2.37. The Kier molecular flexibility index (Phi) is 2.98. The summed E-state index contributed by atoms with van der Waals surface area (Å²) in [5.74, 6) is 7.65. The first-order valence-corrected chi connectivity index (χ1v) is 6.67. The van der Waals surface area contributed by atoms with Crippen LogP contribution in [-0.2, 0) is 0 Å². The van der Waals surface area contributed by atoms with Crippen molar-refractivity contribution < 1.29 is 0 Å². The van der Waals surface area contributed by atoms with Crippen LogP contribution in [0.5, 0.6) is 0 Å². The number of fused-ring (bicyclic) bond motifs is 1. The Balaban J connectivity index is 2.09. The van der Waals surface area contributed by atoms with Crippen molar-refractivity contribution in [3.63, 3.8) is 0 Å². The first kappa shape index (κ1) is 12.2. The molecule has 3 rings (SSSR count). The number of rotatable bonds is 4. The average molecular weight is 257 g/mol. The average Bonchev–Trinajstić information content (AvgIpc) is 3.29. The van der Waals surface area contributed by atoms with Gasteiger partial charge in [-0.15, -0.1) is 0 Å². The molecule has 1 heterocycles. The van der Waals surface area contributed by atoms with Crippen LogP contribution in [0, 0.1) is 5.92 Å². The number of nitrogen functional groups attached to an aromatic ring is 1. The molecule has 1 aliphatic carbocycles. The topological polar surface area (TPSA) is 67.1 Å². The third-order valence-corrected chi connectivity index (χ3v) is 3.96. The van der Waals surface area contributed by atoms with Crippen LogP contribution >= 0.6 is 0 Å². The minimum atomic E-state index is 0.462. The number of nitrogens with two attached hydrogens (primary N) is 1. The van der Waals surface area contributed by atoms with Crippen molar-refractivity contribution in [2.75, 3.05) is 17.4 Å². The van der Waals surface area contributed by atoms with Crippen LogP contribution in [0.4, 0.5) is 11.8 Å². The summed E-state index contributed by atoms with van der Waals surface area (Å²) in [5.41, 5.74) is 3.46. The molecule has 1 aromatic carbocycles. The Hall–Kier alpha value is -1.88. The monoisotopic (exact) mass is 257 g/mol. The van der Waals surface area contributed by atoms with Crippen molar-refractivity contribution in [1.82, 2.24) is 9.97 Å². The largest absolute Gasteiger partial charge is 0.356 e. The maximum atomic E-state index is 5.46. The molecule has 0 aliphatic heterocycles. The Bertz CT molecular complexity index is 593. The molecule has 0 saturated heterocycles. The highest BCUT2D eigenvalue weighted by Gasteiger charge is 2.31. The predicted octanol–water partition coefficient (Wildman–Crippen LogP) is 2.15. The van der Waals surface area contributed by atoms with Gasteiger partial charge < -0.3 is 4.90 Å². The second kappa shape index (κ2) is 4.66. The van der Waals surface area contributed by atoms with E-state index in [1.807, 2.05) is 18.2 Å². The van der Waals surface area contributed by atoms with Gasteiger partial charge in [0.2, 0.25) is 5.95 Å². The van der Waals surface area contributed by atoms with Gasteiger partial charge in [0.15, 0.2) is 0 Å². The van der Waals surface area contributed by atoms with E-state index in [-0.39, 0.29) is 0 Å². The number of nitrogens with one attached hydrogen (secondary N) is 1. The Morgan fingerprint density at radius 2 is 2.05 bits per heavy atom. The number of para-hydroxylation sites is 1. The molecule has 5 nitrogen and oxygen atoms in total. The van der Waals surface area contributed by atoms with Crippen molar-refractivity contribution in [1.29, 1.82) is 0 Å². The molecular formula is C14H19N5. The molecule has 19 heavy (non-hydrogen) atoms. The molecule has 1 aliphatic rings. The second-order valence-corrected chi connectivity index (χ2v) is 5.22. The smallest absolute Gasteiger partial charge is 0.239 e. The molecule has 5 heteroatoms. The number of hydrogen-bond acceptors (Lipinski definition) is 5. The fourth-order valence-corrected chi connectivity index (χ4v) is 2.48. The van der Waals surface area contributed by atoms with E-state index in [1.165, 1.54) is 12.8 Å². The summed E-state index contributed by atoms with van der Waals surface area (Å²) in [6.07, 6.45) is 2.63. The van der Waals surface area contributed by atoms with Crippen LogP contribution in [0.2, 0.25) is 0 Å². The summed E-state index contributed by atoms with van der Waals surface area (Å²) < 4.78 is 0. The van der Waals surface area contributed by atoms with Gasteiger partial charge in [0, 0.05) is 18.5 Å². The van der Waals surface area contributed by atoms with Gasteiger partial charge in [-0.3, -0.25) is 5.43 Å². The second-order valence-electron chi connectivity index (χ2n) is 5.22. The molecule has 100 valence electrons. The van der Waals surface area contributed by atoms with Crippen molar-refractivity contribution in [2.24, 2.45) is 11.8 Å². The minimum Gasteiger partial charge on any atom is -0.356 e. The van der Waals surface area contributed by atoms with Gasteiger partial charge >= 0.3 is 0 Å². The fraction of sp³-hybridized carbons (Fsp3) is 0.429. The molecule has 1 atom stereocenters. The molecule has 2 aromatic rings. The minimum absolute atomic E-state index is 0.462. The predicted molar refractivity (Wildman–Crippen MR) is 77.9 cm³/mol. The summed E-state index contributed by atoms with van der Waals surface area (Å²) >= 11 is 0. The first-order valence-electron chi connectivity index (χ1n) is 6.67. The lowest BCUT2D eigenvalue weighted by atomic mass is 10.1. The van der Waals surface area contributed by atoms with Gasteiger partial charge in [-0.25, -0.2) is 10.8 Å². The van der Waals surface area contributed by atoms with Crippen molar-refractivity contribution in [3.8, 4) is 0 Å². The standard InChI is InChI=1S/C14H19N5/c1-9(10-7-8-10)19(2)13-11-5-3-4-6-12(11)16-14(17-13)18-15/h3-6,9-10H,7-8,15H2,1-2H3,(H,16,17,18). The quantitative estimate of drug-likeness (QED) is 0.649. The maximum Gasteiger partial charge on any atom is 0.239 e. The molecule has 0 amide bonds. The highest BCUT2D eigenvalue weighted by molar-refractivity contribution is 5.90. The Morgan fingerprint density at radius 1 is 1.32 bits per heavy atom. The van der Waals surface area contributed by atoms with Crippen molar-refractivity contribution >= 4 is 22.7 Å². The van der Waals surface area contributed by atoms with Crippen LogP contribution in [0.3, 0.4) is 0 Å². The van der Waals surface area contributed by atoms with Gasteiger partial charge in [-0.2, -0.15) is 4.98 Å². The summed E-state index contributed by atoms with van der Waals surface area (Å²) in [4.78, 5) is 11.2. The molecule has 1 aromatic heterocycles. The van der Waals surface area contributed by atoms with Crippen LogP contribution in [-0.4, -0.2) is 23.1 Å². The lowest BCUT2D eigenvalue weighted by molar-refractivity contribution is 0.605. The van der Waals surface area contributed by atoms with E-state index in [9.17, 15) is 0 Å². The molecule has 1 saturated carbocycles. The normalized spacial score (nSPS) is 16.4. The molecule has 1 fully saturated rings. The summed E-state index contributed by atoms with van der Waals surface area (Å²) in [6, 6.07) is 8.52. The van der Waals surface area contributed by atoms with E-state index < -0.39 is 0 Å². The zero-order valence-electron chi connectivity index (χ0n) is 11.3. The zero-order chi connectivity index (χ0) is 13.4. The molecular weight excluding hydrogens is 238 g/mol. The van der Waals surface area contributed by atoms with Gasteiger partial charge in [0.25, 0.3) is 0 Å². The molecule has 3 N–H and O–H groups in total. The zero-order valence-corrected chi connectivity index (χ0v) is 11.3. The van der Waals surface area contributed by atoms with Crippen molar-refractivity contribution in [3.05, 3.63) is 24.3 Å². The molecule has 0 spiro atoms. The van der Waals surface area contributed by atoms with Crippen LogP contribution in [0.25, 0.3) is 10.9 Å². The van der Waals surface area contributed by atoms with Gasteiger partial charge in [-0.1, -0.05) is 12.1 Å². The highest BCUT2D eigenvalue weighted by atomic mass is 15.3. The van der Waals surface area contributed by atoms with E-state index in [1.54, 1.807) is 0 Å². The Morgan fingerprint density at radius 3 is 2.74 bits per heavy atom. The van der Waals surface area contributed by atoms with E-state index in [0.29, 0.717) is 12.0 Å². The molecule has 1 unspecified atom stereocenters. The number of aromatic nitrogens is 2. The number of hydrazine groups is 1. The SMILES string of the molecule is CC(C1CC1)N(C)c1nc(NN)nc2ccccc12. The van der Waals surface area contributed by atoms with E-state index >= 15 is 0 Å². The number of nitrogens with zero attached hydrogens (tertiary/aromatic N) is 3. The summed E-state index contributed by atoms with van der Waals surface area (Å²) in [6.45, 7) is 2.25. The number of hydrogen-bond donors (Lipinski definition) is 2. The van der Waals surface area contributed by atoms with Gasteiger partial charge in [0.1, 0.15) is 5.82 Å². The molecule has 0 bridgehead atoms. The van der Waals surface area contributed by atoms with E-state index in [4.69, 9.17) is 5.84 Å². The third-order valence-electron chi connectivity index (χ3n) is 3.96. The lowest BCUT2D eigenvalue weighted by Crippen LogP contribution is -2.31. The molecule has 0 radical (unpaired) electrons. The summed E-state index contributed by atoms with van der Waals surface area (Å²) in [7, 11) is 2.10. The van der Waals surface area contributed by atoms with Gasteiger partial charge in [-0.05, 0) is 37.8 Å². The number of anilines is 2. The maximum absolute atomic E-state index is 5.46. The van der Waals surface area contributed by atoms with E-state index in [0.717, 1.165) is 22.6 Å². The van der Waals surface area contributed by atoms with E-state index in [2.05, 4.69) is 40.3 Å². The number of benzene rings is 1. The first-order chi connectivity index (χ1) is 9.20. The van der Waals surface area contributed by atoms with Crippen molar-refractivity contribution in [2.45, 2.75) is 25.8 Å². The lowest BCUT2D eigenvalue weighted by Gasteiger charge is -2.27. The van der Waals surface area contributed by atoms with Gasteiger partial charge in [0.05, 0.1) is 5.52 Å². The Labute approximate surface area is 112 Å². The summed E-state index contributed by atoms with van der Waals surface area (Å²) in [5, 5.41) is 1.07.